The zero-order valence-corrected chi connectivity index (χ0v) is 30.0. The first-order valence-electron chi connectivity index (χ1n) is 15.7. The van der Waals surface area contributed by atoms with Crippen LogP contribution < -0.4 is 19.2 Å². The van der Waals surface area contributed by atoms with E-state index in [1.807, 2.05) is 31.2 Å². The summed E-state index contributed by atoms with van der Waals surface area (Å²) in [6, 6.07) is 15.4. The number of carbonyl (C=O) groups is 2. The predicted octanol–water partition coefficient (Wildman–Crippen LogP) is 7.76. The highest BCUT2D eigenvalue weighted by molar-refractivity contribution is 7.58. The average Bonchev–Trinajstić information content (AvgIpc) is 2.97. The van der Waals surface area contributed by atoms with Crippen molar-refractivity contribution in [2.75, 3.05) is 13.2 Å². The summed E-state index contributed by atoms with van der Waals surface area (Å²) < 4.78 is 50.0. The highest BCUT2D eigenvalue weighted by atomic mass is 31.2. The molecule has 0 saturated carbocycles. The van der Waals surface area contributed by atoms with Crippen LogP contribution in [0, 0.1) is 5.92 Å². The Bertz CT molecular complexity index is 1330. The third kappa shape index (κ3) is 11.9. The normalized spacial score (nSPS) is 15.9. The molecule has 10 nitrogen and oxygen atoms in total. The van der Waals surface area contributed by atoms with Crippen LogP contribution in [0.25, 0.3) is 0 Å². The van der Waals surface area contributed by atoms with Gasteiger partial charge in [-0.3, -0.25) is 18.7 Å². The number of carbonyl (C=O) groups excluding carboxylic acids is 2. The van der Waals surface area contributed by atoms with Gasteiger partial charge in [-0.25, -0.2) is 10.2 Å². The van der Waals surface area contributed by atoms with E-state index in [1.54, 1.807) is 85.7 Å². The topological polar surface area (TPSA) is 129 Å². The van der Waals surface area contributed by atoms with Crippen LogP contribution in [0.4, 0.5) is 0 Å². The summed E-state index contributed by atoms with van der Waals surface area (Å²) in [5.74, 6) is -0.00878. The fraction of sp³-hybridized carbons (Fsp3) is 0.576. The predicted molar refractivity (Wildman–Crippen MR) is 179 cm³/mol. The molecule has 252 valence electrons. The zero-order chi connectivity index (χ0) is 33.8. The molecule has 2 aromatic carbocycles. The molecule has 0 bridgehead atoms. The van der Waals surface area contributed by atoms with Crippen LogP contribution in [-0.4, -0.2) is 48.1 Å². The van der Waals surface area contributed by atoms with E-state index in [4.69, 9.17) is 18.5 Å². The lowest BCUT2D eigenvalue weighted by atomic mass is 9.98. The summed E-state index contributed by atoms with van der Waals surface area (Å²) in [5.41, 5.74) is -0.980. The Hall–Kier alpha value is -2.64. The molecule has 0 radical (unpaired) electrons. The van der Waals surface area contributed by atoms with Gasteiger partial charge in [-0.1, -0.05) is 71.4 Å². The monoisotopic (exact) mass is 666 g/mol. The number of nitrogens with one attached hydrogen (secondary N) is 2. The maximum atomic E-state index is 13.8. The van der Waals surface area contributed by atoms with Crippen molar-refractivity contribution in [3.05, 3.63) is 60.2 Å². The Labute approximate surface area is 269 Å². The number of benzene rings is 2. The molecular formula is C33H52N2O8P2. The Morgan fingerprint density at radius 3 is 2.00 bits per heavy atom. The van der Waals surface area contributed by atoms with Gasteiger partial charge in [-0.2, -0.15) is 0 Å². The molecule has 2 unspecified atom stereocenters. The van der Waals surface area contributed by atoms with Gasteiger partial charge < -0.3 is 18.5 Å². The number of aryl methyl sites for hydroxylation is 1. The van der Waals surface area contributed by atoms with E-state index in [0.717, 1.165) is 18.4 Å². The summed E-state index contributed by atoms with van der Waals surface area (Å²) >= 11 is 0. The zero-order valence-electron chi connectivity index (χ0n) is 28.2. The smallest absolute Gasteiger partial charge is 0.326 e. The maximum Gasteiger partial charge on any atom is 0.326 e. The molecule has 0 heterocycles. The van der Waals surface area contributed by atoms with Gasteiger partial charge >= 0.3 is 27.0 Å². The van der Waals surface area contributed by atoms with Crippen molar-refractivity contribution in [1.29, 1.82) is 0 Å². The second kappa shape index (κ2) is 17.3. The first-order chi connectivity index (χ1) is 21.0. The summed E-state index contributed by atoms with van der Waals surface area (Å²) in [6.45, 7) is 16.2. The van der Waals surface area contributed by atoms with Crippen molar-refractivity contribution in [2.24, 2.45) is 5.92 Å². The summed E-state index contributed by atoms with van der Waals surface area (Å²) in [7, 11) is -6.88. The molecule has 0 fully saturated rings. The minimum absolute atomic E-state index is 0.0944. The lowest BCUT2D eigenvalue weighted by Crippen LogP contribution is -2.47. The lowest BCUT2D eigenvalue weighted by molar-refractivity contribution is -0.149. The van der Waals surface area contributed by atoms with E-state index in [0.29, 0.717) is 17.9 Å². The van der Waals surface area contributed by atoms with Crippen molar-refractivity contribution in [3.63, 3.8) is 0 Å². The van der Waals surface area contributed by atoms with Crippen molar-refractivity contribution >= 4 is 27.0 Å². The van der Waals surface area contributed by atoms with Crippen LogP contribution in [0.5, 0.6) is 11.5 Å². The SMILES string of the molecule is CCOC(=O)C(C)(C)NP(=O)(Oc1cccc(CCC(CC)COC(=O)[C@H](C)N[P@](=O)(Oc2ccccc2)C(C)C)c1)C(C)C. The van der Waals surface area contributed by atoms with Crippen LogP contribution in [0.2, 0.25) is 0 Å². The largest absolute Gasteiger partial charge is 0.465 e. The molecule has 0 aliphatic rings. The molecule has 4 atom stereocenters. The molecule has 0 aromatic heterocycles. The van der Waals surface area contributed by atoms with Gasteiger partial charge in [-0.05, 0) is 76.3 Å². The molecule has 12 heteroatoms. The average molecular weight is 667 g/mol. The van der Waals surface area contributed by atoms with E-state index in [1.165, 1.54) is 0 Å². The van der Waals surface area contributed by atoms with Crippen LogP contribution >= 0.6 is 15.0 Å². The number of para-hydroxylation sites is 1. The minimum Gasteiger partial charge on any atom is -0.465 e. The molecule has 45 heavy (non-hydrogen) atoms. The molecule has 0 spiro atoms. The lowest BCUT2D eigenvalue weighted by Gasteiger charge is -2.32. The third-order valence-electron chi connectivity index (χ3n) is 7.31. The second-order valence-electron chi connectivity index (χ2n) is 12.3. The number of hydrogen-bond donors (Lipinski definition) is 2. The van der Waals surface area contributed by atoms with Crippen LogP contribution in [0.1, 0.15) is 80.7 Å². The first-order valence-corrected chi connectivity index (χ1v) is 19.1. The number of ether oxygens (including phenoxy) is 2. The van der Waals surface area contributed by atoms with Crippen molar-refractivity contribution in [1.82, 2.24) is 10.2 Å². The quantitative estimate of drug-likeness (QED) is 0.113. The molecule has 2 rings (SSSR count). The van der Waals surface area contributed by atoms with Crippen molar-refractivity contribution in [2.45, 2.75) is 104 Å². The van der Waals surface area contributed by atoms with Crippen molar-refractivity contribution < 1.29 is 37.2 Å². The van der Waals surface area contributed by atoms with Crippen LogP contribution in [0.15, 0.2) is 54.6 Å². The van der Waals surface area contributed by atoms with Crippen LogP contribution in [0.3, 0.4) is 0 Å². The molecule has 0 aliphatic carbocycles. The Morgan fingerprint density at radius 2 is 1.42 bits per heavy atom. The first kappa shape index (κ1) is 38.5. The summed E-state index contributed by atoms with van der Waals surface area (Å²) in [4.78, 5) is 25.3. The van der Waals surface area contributed by atoms with Gasteiger partial charge in [0.2, 0.25) is 0 Å². The van der Waals surface area contributed by atoms with Crippen molar-refractivity contribution in [3.8, 4) is 11.5 Å². The van der Waals surface area contributed by atoms with Gasteiger partial charge in [0.25, 0.3) is 0 Å². The van der Waals surface area contributed by atoms with E-state index in [2.05, 4.69) is 10.2 Å². The van der Waals surface area contributed by atoms with E-state index in [9.17, 15) is 18.7 Å². The minimum atomic E-state index is -3.49. The highest BCUT2D eigenvalue weighted by Gasteiger charge is 2.41. The van der Waals surface area contributed by atoms with Gasteiger partial charge in [-0.15, -0.1) is 0 Å². The number of rotatable bonds is 19. The van der Waals surface area contributed by atoms with Crippen LogP contribution in [-0.2, 0) is 34.6 Å². The van der Waals surface area contributed by atoms with Gasteiger partial charge in [0.15, 0.2) is 0 Å². The molecular weight excluding hydrogens is 614 g/mol. The molecule has 2 N–H and O–H groups in total. The fourth-order valence-corrected chi connectivity index (χ4v) is 7.71. The van der Waals surface area contributed by atoms with E-state index >= 15 is 0 Å². The maximum absolute atomic E-state index is 13.8. The summed E-state index contributed by atoms with van der Waals surface area (Å²) in [6.07, 6.45) is 2.22. The Kier molecular flexibility index (Phi) is 14.8. The second-order valence-corrected chi connectivity index (χ2v) is 17.6. The molecule has 0 aliphatic heterocycles. The van der Waals surface area contributed by atoms with Gasteiger partial charge in [0, 0.05) is 0 Å². The standard InChI is InChI=1S/C33H52N2O8P2/c1-10-27(23-41-31(36)26(7)34-44(38,24(3)4)42-29-17-13-12-14-18-29)20-21-28-16-15-19-30(22-28)43-45(39,25(5)6)35-33(8,9)32(37)40-11-2/h12-19,22,24-27H,10-11,20-21,23H2,1-9H3,(H,34,38)(H,35,39)/t26-,27?,44+,45?/m0/s1. The highest BCUT2D eigenvalue weighted by Crippen LogP contribution is 2.50. The molecule has 2 aromatic rings. The molecule has 0 saturated heterocycles. The Morgan fingerprint density at radius 1 is 0.822 bits per heavy atom. The van der Waals surface area contributed by atoms with E-state index < -0.39 is 44.2 Å². The molecule has 0 amide bonds. The van der Waals surface area contributed by atoms with E-state index in [-0.39, 0.29) is 24.8 Å². The third-order valence-corrected chi connectivity index (χ3v) is 12.6. The number of hydrogen-bond acceptors (Lipinski definition) is 8. The number of esters is 2. The fourth-order valence-electron chi connectivity index (χ4n) is 4.26. The Balaban J connectivity index is 1.99. The van der Waals surface area contributed by atoms with Gasteiger partial charge in [0.05, 0.1) is 24.5 Å². The summed E-state index contributed by atoms with van der Waals surface area (Å²) in [5, 5.41) is 5.82. The van der Waals surface area contributed by atoms with Gasteiger partial charge in [0.1, 0.15) is 23.1 Å².